The molecule has 0 spiro atoms. The minimum Gasteiger partial charge on any atom is -0.458 e. The van der Waals surface area contributed by atoms with E-state index in [-0.39, 0.29) is 12.8 Å². The molecule has 0 aliphatic heterocycles. The Kier molecular flexibility index (Phi) is 4.58. The number of halogens is 2. The normalized spacial score (nSPS) is 11.6. The summed E-state index contributed by atoms with van der Waals surface area (Å²) in [6.45, 7) is 1.22. The molecule has 0 bridgehead atoms. The first-order valence-electron chi connectivity index (χ1n) is 5.03. The summed E-state index contributed by atoms with van der Waals surface area (Å²) < 4.78 is 30.7. The van der Waals surface area contributed by atoms with Crippen molar-refractivity contribution in [3.05, 3.63) is 35.4 Å². The molecule has 0 aliphatic rings. The number of nitrogens with zero attached hydrogens (tertiary/aromatic N) is 1. The third-order valence-corrected chi connectivity index (χ3v) is 2.14. The van der Waals surface area contributed by atoms with Crippen LogP contribution in [0.4, 0.5) is 8.78 Å². The highest BCUT2D eigenvalue weighted by Gasteiger charge is 2.16. The molecule has 0 radical (unpaired) electrons. The zero-order valence-electron chi connectivity index (χ0n) is 9.24. The van der Waals surface area contributed by atoms with Crippen LogP contribution < -0.4 is 0 Å². The molecule has 0 aliphatic carbocycles. The Morgan fingerprint density at radius 3 is 2.71 bits per heavy atom. The molecule has 0 saturated heterocycles. The van der Waals surface area contributed by atoms with E-state index in [1.165, 1.54) is 13.0 Å². The molecule has 1 atom stereocenters. The van der Waals surface area contributed by atoms with E-state index in [9.17, 15) is 13.6 Å². The fraction of sp³-hybridized carbons (Fsp3) is 0.333. The van der Waals surface area contributed by atoms with Crippen molar-refractivity contribution in [3.8, 4) is 6.07 Å². The Labute approximate surface area is 97.6 Å². The quantitative estimate of drug-likeness (QED) is 0.759. The summed E-state index contributed by atoms with van der Waals surface area (Å²) in [4.78, 5) is 10.9. The fourth-order valence-corrected chi connectivity index (χ4v) is 1.40. The third kappa shape index (κ3) is 3.83. The molecule has 1 rings (SSSR count). The number of ether oxygens (including phenoxy) is 1. The van der Waals surface area contributed by atoms with Crippen LogP contribution in [0.1, 0.15) is 31.4 Å². The maximum absolute atomic E-state index is 13.0. The lowest BCUT2D eigenvalue weighted by molar-refractivity contribution is -0.147. The predicted octanol–water partition coefficient (Wildman–Crippen LogP) is 2.87. The first-order chi connectivity index (χ1) is 8.04. The van der Waals surface area contributed by atoms with Gasteiger partial charge in [0.05, 0.1) is 6.07 Å². The van der Waals surface area contributed by atoms with Crippen LogP contribution in [0.3, 0.4) is 0 Å². The summed E-state index contributed by atoms with van der Waals surface area (Å²) in [5, 5.41) is 8.47. The average molecular weight is 239 g/mol. The van der Waals surface area contributed by atoms with Crippen molar-refractivity contribution in [3.63, 3.8) is 0 Å². The monoisotopic (exact) mass is 239 g/mol. The number of hydrogen-bond acceptors (Lipinski definition) is 3. The molecule has 5 heteroatoms. The van der Waals surface area contributed by atoms with Crippen LogP contribution in [0.25, 0.3) is 0 Å². The standard InChI is InChI=1S/C12H11F2NO2/c1-8(16)17-12(3-2-6-15)9-4-5-10(13)11(14)7-9/h4-5,7,12H,2-3H2,1H3/t12-/m0/s1. The number of benzene rings is 1. The average Bonchev–Trinajstić information content (AvgIpc) is 2.27. The van der Waals surface area contributed by atoms with Gasteiger partial charge in [0.15, 0.2) is 11.6 Å². The van der Waals surface area contributed by atoms with Gasteiger partial charge >= 0.3 is 5.97 Å². The summed E-state index contributed by atoms with van der Waals surface area (Å²) in [5.41, 5.74) is 0.342. The molecule has 0 unspecified atom stereocenters. The van der Waals surface area contributed by atoms with E-state index in [0.717, 1.165) is 12.1 Å². The van der Waals surface area contributed by atoms with Gasteiger partial charge in [0.1, 0.15) is 6.10 Å². The first-order valence-corrected chi connectivity index (χ1v) is 5.03. The molecule has 0 aromatic heterocycles. The van der Waals surface area contributed by atoms with Gasteiger partial charge in [0.2, 0.25) is 0 Å². The number of esters is 1. The maximum atomic E-state index is 13.0. The van der Waals surface area contributed by atoms with Crippen LogP contribution >= 0.6 is 0 Å². The van der Waals surface area contributed by atoms with E-state index in [2.05, 4.69) is 0 Å². The molecule has 0 N–H and O–H groups in total. The van der Waals surface area contributed by atoms with Crippen LogP contribution in [0, 0.1) is 23.0 Å². The van der Waals surface area contributed by atoms with Crippen molar-refractivity contribution in [2.45, 2.75) is 25.9 Å². The highest BCUT2D eigenvalue weighted by atomic mass is 19.2. The fourth-order valence-electron chi connectivity index (χ4n) is 1.40. The molecule has 0 heterocycles. The molecular formula is C12H11F2NO2. The predicted molar refractivity (Wildman–Crippen MR) is 55.7 cm³/mol. The number of rotatable bonds is 4. The lowest BCUT2D eigenvalue weighted by Gasteiger charge is -2.16. The van der Waals surface area contributed by atoms with Gasteiger partial charge < -0.3 is 4.74 Å². The lowest BCUT2D eigenvalue weighted by Crippen LogP contribution is -2.09. The molecule has 17 heavy (non-hydrogen) atoms. The van der Waals surface area contributed by atoms with Crippen LogP contribution in [0.15, 0.2) is 18.2 Å². The lowest BCUT2D eigenvalue weighted by atomic mass is 10.0. The highest BCUT2D eigenvalue weighted by molar-refractivity contribution is 5.66. The van der Waals surface area contributed by atoms with E-state index < -0.39 is 23.7 Å². The maximum Gasteiger partial charge on any atom is 0.303 e. The Bertz CT molecular complexity index is 454. The van der Waals surface area contributed by atoms with Crippen molar-refractivity contribution in [1.82, 2.24) is 0 Å². The summed E-state index contributed by atoms with van der Waals surface area (Å²) in [6.07, 6.45) is -0.305. The van der Waals surface area contributed by atoms with E-state index in [1.54, 1.807) is 0 Å². The van der Waals surface area contributed by atoms with E-state index in [0.29, 0.717) is 5.56 Å². The number of hydrogen-bond donors (Lipinski definition) is 0. The van der Waals surface area contributed by atoms with Crippen LogP contribution in [-0.2, 0) is 9.53 Å². The minimum absolute atomic E-state index is 0.164. The number of carbonyl (C=O) groups excluding carboxylic acids is 1. The molecule has 90 valence electrons. The van der Waals surface area contributed by atoms with Gasteiger partial charge in [0.25, 0.3) is 0 Å². The van der Waals surface area contributed by atoms with Crippen LogP contribution in [0.5, 0.6) is 0 Å². The molecular weight excluding hydrogens is 228 g/mol. The molecule has 3 nitrogen and oxygen atoms in total. The van der Waals surface area contributed by atoms with Gasteiger partial charge in [-0.1, -0.05) is 6.07 Å². The smallest absolute Gasteiger partial charge is 0.303 e. The van der Waals surface area contributed by atoms with Gasteiger partial charge in [-0.15, -0.1) is 0 Å². The van der Waals surface area contributed by atoms with Crippen molar-refractivity contribution >= 4 is 5.97 Å². The molecule has 1 aromatic rings. The zero-order valence-corrected chi connectivity index (χ0v) is 9.24. The van der Waals surface area contributed by atoms with Crippen molar-refractivity contribution in [1.29, 1.82) is 5.26 Å². The first kappa shape index (κ1) is 13.1. The van der Waals surface area contributed by atoms with E-state index in [4.69, 9.17) is 10.00 Å². The van der Waals surface area contributed by atoms with Crippen molar-refractivity contribution in [2.24, 2.45) is 0 Å². The topological polar surface area (TPSA) is 50.1 Å². The van der Waals surface area contributed by atoms with Gasteiger partial charge in [-0.3, -0.25) is 4.79 Å². The van der Waals surface area contributed by atoms with Gasteiger partial charge in [0, 0.05) is 19.8 Å². The molecule has 0 fully saturated rings. The zero-order chi connectivity index (χ0) is 12.8. The summed E-state index contributed by atoms with van der Waals surface area (Å²) in [5.74, 6) is -2.50. The Morgan fingerprint density at radius 1 is 1.47 bits per heavy atom. The number of nitriles is 1. The van der Waals surface area contributed by atoms with Crippen molar-refractivity contribution < 1.29 is 18.3 Å². The van der Waals surface area contributed by atoms with Crippen LogP contribution in [0.2, 0.25) is 0 Å². The second-order valence-corrected chi connectivity index (χ2v) is 3.47. The second-order valence-electron chi connectivity index (χ2n) is 3.47. The van der Waals surface area contributed by atoms with Crippen molar-refractivity contribution in [2.75, 3.05) is 0 Å². The van der Waals surface area contributed by atoms with Gasteiger partial charge in [-0.05, 0) is 17.7 Å². The van der Waals surface area contributed by atoms with E-state index >= 15 is 0 Å². The second kappa shape index (κ2) is 5.94. The molecule has 0 saturated carbocycles. The highest BCUT2D eigenvalue weighted by Crippen LogP contribution is 2.24. The summed E-state index contributed by atoms with van der Waals surface area (Å²) in [6, 6.07) is 5.18. The number of carbonyl (C=O) groups is 1. The minimum atomic E-state index is -1.00. The van der Waals surface area contributed by atoms with E-state index in [1.807, 2.05) is 6.07 Å². The third-order valence-electron chi connectivity index (χ3n) is 2.14. The van der Waals surface area contributed by atoms with Gasteiger partial charge in [-0.2, -0.15) is 5.26 Å². The Hall–Kier alpha value is -1.96. The SMILES string of the molecule is CC(=O)O[C@@H](CCC#N)c1ccc(F)c(F)c1. The largest absolute Gasteiger partial charge is 0.458 e. The molecule has 0 amide bonds. The molecule has 1 aromatic carbocycles. The van der Waals surface area contributed by atoms with Crippen LogP contribution in [-0.4, -0.2) is 5.97 Å². The summed E-state index contributed by atoms with van der Waals surface area (Å²) in [7, 11) is 0. The summed E-state index contributed by atoms with van der Waals surface area (Å²) >= 11 is 0. The Morgan fingerprint density at radius 2 is 2.18 bits per heavy atom. The van der Waals surface area contributed by atoms with Gasteiger partial charge in [-0.25, -0.2) is 8.78 Å². The Balaban J connectivity index is 2.91.